The zero-order valence-corrected chi connectivity index (χ0v) is 11.0. The van der Waals surface area contributed by atoms with Crippen molar-refractivity contribution in [2.75, 3.05) is 0 Å². The van der Waals surface area contributed by atoms with Crippen LogP contribution in [-0.4, -0.2) is 9.97 Å². The Hall–Kier alpha value is -1.48. The summed E-state index contributed by atoms with van der Waals surface area (Å²) in [5.41, 5.74) is 3.30. The lowest BCUT2D eigenvalue weighted by Gasteiger charge is -2.09. The molecule has 1 heterocycles. The Bertz CT molecular complexity index is 558. The quantitative estimate of drug-likeness (QED) is 0.825. The fourth-order valence-corrected chi connectivity index (χ4v) is 2.04. The molecule has 0 aliphatic rings. The predicted octanol–water partition coefficient (Wildman–Crippen LogP) is 4.07. The lowest BCUT2D eigenvalue weighted by atomic mass is 10.1. The molecule has 2 aromatic rings. The summed E-state index contributed by atoms with van der Waals surface area (Å²) in [6.45, 7) is 4.16. The van der Waals surface area contributed by atoms with Gasteiger partial charge < -0.3 is 4.98 Å². The molecule has 3 heteroatoms. The Morgan fingerprint density at radius 3 is 2.59 bits per heavy atom. The van der Waals surface area contributed by atoms with E-state index in [1.54, 1.807) is 0 Å². The van der Waals surface area contributed by atoms with E-state index in [-0.39, 0.29) is 0 Å². The molecule has 0 spiro atoms. The number of hydrogen-bond acceptors (Lipinski definition) is 2. The normalized spacial score (nSPS) is 10.5. The van der Waals surface area contributed by atoms with Gasteiger partial charge in [0.2, 0.25) is 0 Å². The largest absolute Gasteiger partial charge is 0.343 e. The Balaban J connectivity index is 2.57. The SMILES string of the molecule is CCCc1nc(=S)c(C)c(-c2ccccc2)[nH]1. The predicted molar refractivity (Wildman–Crippen MR) is 73.6 cm³/mol. The summed E-state index contributed by atoms with van der Waals surface area (Å²) in [6, 6.07) is 10.3. The molecule has 2 nitrogen and oxygen atoms in total. The molecule has 0 radical (unpaired) electrons. The van der Waals surface area contributed by atoms with Gasteiger partial charge >= 0.3 is 0 Å². The highest BCUT2D eigenvalue weighted by Gasteiger charge is 2.06. The molecule has 0 aliphatic heterocycles. The summed E-state index contributed by atoms with van der Waals surface area (Å²) in [5.74, 6) is 0.974. The molecule has 2 rings (SSSR count). The first-order valence-electron chi connectivity index (χ1n) is 5.87. The maximum Gasteiger partial charge on any atom is 0.133 e. The number of aromatic amines is 1. The van der Waals surface area contributed by atoms with Gasteiger partial charge in [0.05, 0.1) is 5.69 Å². The fourth-order valence-electron chi connectivity index (χ4n) is 1.83. The molecule has 1 aromatic carbocycles. The molecule has 17 heavy (non-hydrogen) atoms. The van der Waals surface area contributed by atoms with E-state index >= 15 is 0 Å². The molecule has 0 bridgehead atoms. The fraction of sp³-hybridized carbons (Fsp3) is 0.286. The Morgan fingerprint density at radius 2 is 1.94 bits per heavy atom. The number of rotatable bonds is 3. The van der Waals surface area contributed by atoms with Crippen LogP contribution in [0.25, 0.3) is 11.3 Å². The van der Waals surface area contributed by atoms with Crippen molar-refractivity contribution in [1.82, 2.24) is 9.97 Å². The van der Waals surface area contributed by atoms with Gasteiger partial charge in [-0.1, -0.05) is 49.5 Å². The van der Waals surface area contributed by atoms with Crippen molar-refractivity contribution in [2.45, 2.75) is 26.7 Å². The molecule has 0 saturated carbocycles. The summed E-state index contributed by atoms with van der Waals surface area (Å²) in [4.78, 5) is 7.80. The summed E-state index contributed by atoms with van der Waals surface area (Å²) >= 11 is 5.31. The highest BCUT2D eigenvalue weighted by molar-refractivity contribution is 7.71. The van der Waals surface area contributed by atoms with Crippen molar-refractivity contribution in [3.8, 4) is 11.3 Å². The summed E-state index contributed by atoms with van der Waals surface area (Å²) in [7, 11) is 0. The molecule has 0 fully saturated rings. The average molecular weight is 244 g/mol. The van der Waals surface area contributed by atoms with Crippen LogP contribution in [0.5, 0.6) is 0 Å². The van der Waals surface area contributed by atoms with Crippen LogP contribution in [0.1, 0.15) is 24.7 Å². The van der Waals surface area contributed by atoms with Crippen LogP contribution in [0.3, 0.4) is 0 Å². The summed E-state index contributed by atoms with van der Waals surface area (Å²) in [5, 5.41) is 0. The second-order valence-corrected chi connectivity index (χ2v) is 4.49. The van der Waals surface area contributed by atoms with Crippen molar-refractivity contribution in [3.63, 3.8) is 0 Å². The van der Waals surface area contributed by atoms with Crippen LogP contribution in [0.2, 0.25) is 0 Å². The van der Waals surface area contributed by atoms with Gasteiger partial charge in [-0.15, -0.1) is 0 Å². The minimum Gasteiger partial charge on any atom is -0.343 e. The number of nitrogens with one attached hydrogen (secondary N) is 1. The van der Waals surface area contributed by atoms with E-state index in [1.165, 1.54) is 0 Å². The molecule has 1 N–H and O–H groups in total. The van der Waals surface area contributed by atoms with Crippen LogP contribution >= 0.6 is 12.2 Å². The number of benzene rings is 1. The van der Waals surface area contributed by atoms with Crippen molar-refractivity contribution >= 4 is 12.2 Å². The van der Waals surface area contributed by atoms with Crippen LogP contribution in [0.4, 0.5) is 0 Å². The first-order chi connectivity index (χ1) is 8.22. The average Bonchev–Trinajstić information content (AvgIpc) is 2.35. The number of aromatic nitrogens is 2. The van der Waals surface area contributed by atoms with Gasteiger partial charge in [-0.2, -0.15) is 0 Å². The van der Waals surface area contributed by atoms with Crippen molar-refractivity contribution in [1.29, 1.82) is 0 Å². The van der Waals surface area contributed by atoms with Crippen LogP contribution < -0.4 is 0 Å². The van der Waals surface area contributed by atoms with Crippen molar-refractivity contribution < 1.29 is 0 Å². The molecule has 0 amide bonds. The molecule has 88 valence electrons. The summed E-state index contributed by atoms with van der Waals surface area (Å²) in [6.07, 6.45) is 2.00. The second-order valence-electron chi connectivity index (χ2n) is 4.10. The maximum absolute atomic E-state index is 5.31. The molecule has 0 atom stereocenters. The van der Waals surface area contributed by atoms with Gasteiger partial charge in [-0.25, -0.2) is 4.98 Å². The van der Waals surface area contributed by atoms with Crippen molar-refractivity contribution in [3.05, 3.63) is 46.4 Å². The Morgan fingerprint density at radius 1 is 1.24 bits per heavy atom. The zero-order chi connectivity index (χ0) is 12.3. The van der Waals surface area contributed by atoms with Crippen LogP contribution in [0.15, 0.2) is 30.3 Å². The third-order valence-electron chi connectivity index (χ3n) is 2.75. The summed E-state index contributed by atoms with van der Waals surface area (Å²) < 4.78 is 0.700. The third-order valence-corrected chi connectivity index (χ3v) is 3.15. The van der Waals surface area contributed by atoms with E-state index in [0.717, 1.165) is 35.5 Å². The zero-order valence-electron chi connectivity index (χ0n) is 10.2. The van der Waals surface area contributed by atoms with Gasteiger partial charge in [0, 0.05) is 12.0 Å². The molecular weight excluding hydrogens is 228 g/mol. The van der Waals surface area contributed by atoms with E-state index < -0.39 is 0 Å². The lowest BCUT2D eigenvalue weighted by Crippen LogP contribution is -2.00. The van der Waals surface area contributed by atoms with Gasteiger partial charge in [-0.3, -0.25) is 0 Å². The van der Waals surface area contributed by atoms with Gasteiger partial charge in [0.1, 0.15) is 10.5 Å². The van der Waals surface area contributed by atoms with E-state index in [9.17, 15) is 0 Å². The smallest absolute Gasteiger partial charge is 0.133 e. The van der Waals surface area contributed by atoms with Gasteiger partial charge in [-0.05, 0) is 18.9 Å². The monoisotopic (exact) mass is 244 g/mol. The lowest BCUT2D eigenvalue weighted by molar-refractivity contribution is 0.829. The van der Waals surface area contributed by atoms with Crippen LogP contribution in [0, 0.1) is 11.6 Å². The first-order valence-corrected chi connectivity index (χ1v) is 6.28. The minimum atomic E-state index is 0.700. The third kappa shape index (κ3) is 2.61. The molecule has 0 unspecified atom stereocenters. The van der Waals surface area contributed by atoms with Gasteiger partial charge in [0.25, 0.3) is 0 Å². The highest BCUT2D eigenvalue weighted by atomic mass is 32.1. The van der Waals surface area contributed by atoms with E-state index in [1.807, 2.05) is 25.1 Å². The van der Waals surface area contributed by atoms with E-state index in [4.69, 9.17) is 12.2 Å². The first kappa shape index (κ1) is 12.0. The Labute approximate surface area is 107 Å². The van der Waals surface area contributed by atoms with Crippen LogP contribution in [-0.2, 0) is 6.42 Å². The minimum absolute atomic E-state index is 0.700. The number of hydrogen-bond donors (Lipinski definition) is 1. The Kier molecular flexibility index (Phi) is 3.69. The van der Waals surface area contributed by atoms with Gasteiger partial charge in [0.15, 0.2) is 0 Å². The van der Waals surface area contributed by atoms with Crippen molar-refractivity contribution in [2.24, 2.45) is 0 Å². The number of H-pyrrole nitrogens is 1. The molecule has 1 aromatic heterocycles. The topological polar surface area (TPSA) is 28.7 Å². The molecule has 0 aliphatic carbocycles. The number of nitrogens with zero attached hydrogens (tertiary/aromatic N) is 1. The van der Waals surface area contributed by atoms with E-state index in [0.29, 0.717) is 4.64 Å². The highest BCUT2D eigenvalue weighted by Crippen LogP contribution is 2.21. The molecule has 0 saturated heterocycles. The standard InChI is InChI=1S/C14H16N2S/c1-3-7-12-15-13(10(2)14(17)16-12)11-8-5-4-6-9-11/h4-6,8-9H,3,7H2,1-2H3,(H,15,16,17). The molecular formula is C14H16N2S. The van der Waals surface area contributed by atoms with E-state index in [2.05, 4.69) is 29.0 Å². The number of aryl methyl sites for hydroxylation is 1. The second kappa shape index (κ2) is 5.23. The maximum atomic E-state index is 5.31.